The molecule has 2 heteroatoms. The van der Waals surface area contributed by atoms with Crippen molar-refractivity contribution in [2.75, 3.05) is 7.11 Å². The van der Waals surface area contributed by atoms with E-state index in [1.165, 1.54) is 13.2 Å². The Hall–Kier alpha value is -0.790. The standard InChI is InChI=1S/C7H11FO/c1-4-6(8)7(5-2)9-3/h5H,2,4H2,1,3H3/b7-6-. The maximum absolute atomic E-state index is 12.5. The molecule has 0 radical (unpaired) electrons. The second kappa shape index (κ2) is 4.13. The minimum atomic E-state index is -0.257. The van der Waals surface area contributed by atoms with Crippen LogP contribution in [0.25, 0.3) is 0 Å². The minimum absolute atomic E-state index is 0.234. The summed E-state index contributed by atoms with van der Waals surface area (Å²) < 4.78 is 17.1. The van der Waals surface area contributed by atoms with Crippen molar-refractivity contribution in [1.82, 2.24) is 0 Å². The van der Waals surface area contributed by atoms with E-state index in [0.717, 1.165) is 0 Å². The maximum atomic E-state index is 12.5. The third-order valence-electron chi connectivity index (χ3n) is 0.983. The lowest BCUT2D eigenvalue weighted by atomic mass is 10.3. The van der Waals surface area contributed by atoms with Crippen LogP contribution in [0.3, 0.4) is 0 Å². The van der Waals surface area contributed by atoms with Gasteiger partial charge in [-0.3, -0.25) is 0 Å². The van der Waals surface area contributed by atoms with Gasteiger partial charge in [-0.2, -0.15) is 0 Å². The largest absolute Gasteiger partial charge is 0.494 e. The number of ether oxygens (including phenoxy) is 1. The molecule has 0 saturated carbocycles. The molecule has 0 atom stereocenters. The summed E-state index contributed by atoms with van der Waals surface area (Å²) in [6, 6.07) is 0. The zero-order valence-corrected chi connectivity index (χ0v) is 5.78. The van der Waals surface area contributed by atoms with Gasteiger partial charge in [-0.15, -0.1) is 0 Å². The van der Waals surface area contributed by atoms with E-state index >= 15 is 0 Å². The summed E-state index contributed by atoms with van der Waals surface area (Å²) in [6.07, 6.45) is 1.72. The Bertz CT molecular complexity index is 127. The first-order valence-corrected chi connectivity index (χ1v) is 2.81. The number of hydrogen-bond donors (Lipinski definition) is 0. The smallest absolute Gasteiger partial charge is 0.149 e. The molecule has 0 rings (SSSR count). The van der Waals surface area contributed by atoms with Crippen molar-refractivity contribution in [3.05, 3.63) is 24.2 Å². The molecule has 52 valence electrons. The molecule has 0 heterocycles. The van der Waals surface area contributed by atoms with Gasteiger partial charge in [0.15, 0.2) is 0 Å². The summed E-state index contributed by atoms with van der Waals surface area (Å²) in [5.41, 5.74) is 0. The van der Waals surface area contributed by atoms with E-state index in [1.54, 1.807) is 6.92 Å². The first-order valence-electron chi connectivity index (χ1n) is 2.81. The van der Waals surface area contributed by atoms with Crippen LogP contribution in [0.5, 0.6) is 0 Å². The summed E-state index contributed by atoms with van der Waals surface area (Å²) >= 11 is 0. The van der Waals surface area contributed by atoms with Crippen LogP contribution in [0.15, 0.2) is 24.2 Å². The molecule has 0 spiro atoms. The molecule has 0 unspecified atom stereocenters. The molecule has 9 heavy (non-hydrogen) atoms. The van der Waals surface area contributed by atoms with Gasteiger partial charge in [-0.05, 0) is 6.08 Å². The van der Waals surface area contributed by atoms with Crippen LogP contribution < -0.4 is 0 Å². The van der Waals surface area contributed by atoms with Crippen LogP contribution in [0.2, 0.25) is 0 Å². The monoisotopic (exact) mass is 130 g/mol. The van der Waals surface area contributed by atoms with E-state index in [1.807, 2.05) is 0 Å². The van der Waals surface area contributed by atoms with Crippen molar-refractivity contribution in [3.8, 4) is 0 Å². The van der Waals surface area contributed by atoms with Gasteiger partial charge in [0.05, 0.1) is 7.11 Å². The van der Waals surface area contributed by atoms with Gasteiger partial charge in [0.25, 0.3) is 0 Å². The van der Waals surface area contributed by atoms with Gasteiger partial charge < -0.3 is 4.74 Å². The molecule has 0 aromatic carbocycles. The van der Waals surface area contributed by atoms with Crippen molar-refractivity contribution in [2.45, 2.75) is 13.3 Å². The first-order chi connectivity index (χ1) is 4.26. The Labute approximate surface area is 54.8 Å². The normalized spacial score (nSPS) is 12.3. The Morgan fingerprint density at radius 2 is 2.33 bits per heavy atom. The highest BCUT2D eigenvalue weighted by molar-refractivity contribution is 5.12. The maximum Gasteiger partial charge on any atom is 0.149 e. The van der Waals surface area contributed by atoms with Crippen molar-refractivity contribution < 1.29 is 9.13 Å². The lowest BCUT2D eigenvalue weighted by molar-refractivity contribution is 0.288. The molecular formula is C7H11FO. The van der Waals surface area contributed by atoms with E-state index in [9.17, 15) is 4.39 Å². The highest BCUT2D eigenvalue weighted by Crippen LogP contribution is 2.10. The molecular weight excluding hydrogens is 119 g/mol. The van der Waals surface area contributed by atoms with Gasteiger partial charge in [0.2, 0.25) is 0 Å². The minimum Gasteiger partial charge on any atom is -0.494 e. The number of hydrogen-bond acceptors (Lipinski definition) is 1. The third-order valence-corrected chi connectivity index (χ3v) is 0.983. The highest BCUT2D eigenvalue weighted by atomic mass is 19.1. The van der Waals surface area contributed by atoms with Crippen molar-refractivity contribution in [1.29, 1.82) is 0 Å². The second-order valence-electron chi connectivity index (χ2n) is 1.53. The summed E-state index contributed by atoms with van der Waals surface area (Å²) in [5.74, 6) is -0.0231. The summed E-state index contributed by atoms with van der Waals surface area (Å²) in [6.45, 7) is 5.10. The number of methoxy groups -OCH3 is 1. The van der Waals surface area contributed by atoms with Gasteiger partial charge in [0, 0.05) is 6.42 Å². The molecule has 0 bridgehead atoms. The third kappa shape index (κ3) is 2.31. The Morgan fingerprint density at radius 3 is 2.44 bits per heavy atom. The first kappa shape index (κ1) is 8.21. The van der Waals surface area contributed by atoms with Gasteiger partial charge >= 0.3 is 0 Å². The van der Waals surface area contributed by atoms with E-state index in [-0.39, 0.29) is 11.6 Å². The predicted molar refractivity (Wildman–Crippen MR) is 35.6 cm³/mol. The fraction of sp³-hybridized carbons (Fsp3) is 0.429. The zero-order chi connectivity index (χ0) is 7.28. The van der Waals surface area contributed by atoms with Crippen LogP contribution in [0.1, 0.15) is 13.3 Å². The number of allylic oxidation sites excluding steroid dienone is 2. The van der Waals surface area contributed by atoms with E-state index < -0.39 is 0 Å². The Balaban J connectivity index is 4.18. The SMILES string of the molecule is C=C/C(OC)=C(/F)CC. The van der Waals surface area contributed by atoms with E-state index in [4.69, 9.17) is 0 Å². The summed E-state index contributed by atoms with van der Waals surface area (Å²) in [7, 11) is 1.42. The van der Waals surface area contributed by atoms with Crippen molar-refractivity contribution in [2.24, 2.45) is 0 Å². The van der Waals surface area contributed by atoms with E-state index in [2.05, 4.69) is 11.3 Å². The number of rotatable bonds is 3. The van der Waals surface area contributed by atoms with Gasteiger partial charge in [0.1, 0.15) is 11.6 Å². The molecule has 0 N–H and O–H groups in total. The summed E-state index contributed by atoms with van der Waals surface area (Å²) in [5, 5.41) is 0. The molecule has 0 fully saturated rings. The molecule has 0 aliphatic rings. The Morgan fingerprint density at radius 1 is 1.78 bits per heavy atom. The summed E-state index contributed by atoms with van der Waals surface area (Å²) in [4.78, 5) is 0. The molecule has 0 amide bonds. The van der Waals surface area contributed by atoms with Gasteiger partial charge in [-0.1, -0.05) is 13.5 Å². The van der Waals surface area contributed by atoms with Crippen molar-refractivity contribution in [3.63, 3.8) is 0 Å². The fourth-order valence-corrected chi connectivity index (χ4v) is 0.479. The predicted octanol–water partition coefficient (Wildman–Crippen LogP) is 2.41. The highest BCUT2D eigenvalue weighted by Gasteiger charge is 1.97. The average Bonchev–Trinajstić information content (AvgIpc) is 1.90. The van der Waals surface area contributed by atoms with Crippen LogP contribution >= 0.6 is 0 Å². The fourth-order valence-electron chi connectivity index (χ4n) is 0.479. The van der Waals surface area contributed by atoms with Crippen LogP contribution in [-0.2, 0) is 4.74 Å². The lowest BCUT2D eigenvalue weighted by Crippen LogP contribution is -1.84. The second-order valence-corrected chi connectivity index (χ2v) is 1.53. The van der Waals surface area contributed by atoms with Crippen LogP contribution in [0.4, 0.5) is 4.39 Å². The molecule has 0 aliphatic heterocycles. The molecule has 0 aromatic heterocycles. The quantitative estimate of drug-likeness (QED) is 0.421. The molecule has 0 saturated heterocycles. The Kier molecular flexibility index (Phi) is 3.76. The van der Waals surface area contributed by atoms with Crippen molar-refractivity contribution >= 4 is 0 Å². The molecule has 1 nitrogen and oxygen atoms in total. The number of halogens is 1. The average molecular weight is 130 g/mol. The topological polar surface area (TPSA) is 9.23 Å². The van der Waals surface area contributed by atoms with Crippen LogP contribution in [0, 0.1) is 0 Å². The molecule has 0 aliphatic carbocycles. The molecule has 0 aromatic rings. The van der Waals surface area contributed by atoms with E-state index in [0.29, 0.717) is 6.42 Å². The van der Waals surface area contributed by atoms with Crippen LogP contribution in [-0.4, -0.2) is 7.11 Å². The lowest BCUT2D eigenvalue weighted by Gasteiger charge is -1.99. The van der Waals surface area contributed by atoms with Gasteiger partial charge in [-0.25, -0.2) is 4.39 Å². The zero-order valence-electron chi connectivity index (χ0n) is 5.78.